The van der Waals surface area contributed by atoms with Gasteiger partial charge in [-0.2, -0.15) is 0 Å². The Morgan fingerprint density at radius 1 is 1.25 bits per heavy atom. The first-order valence-corrected chi connectivity index (χ1v) is 6.88. The first kappa shape index (κ1) is 14.1. The SMILES string of the molecule is Cc1ccc(C(=O)/C=C/c2csc([N+](=O)[O-])c2)cc1C. The van der Waals surface area contributed by atoms with Crippen LogP contribution in [0.2, 0.25) is 0 Å². The number of allylic oxidation sites excluding steroid dienone is 1. The minimum absolute atomic E-state index is 0.0725. The van der Waals surface area contributed by atoms with Crippen molar-refractivity contribution in [1.29, 1.82) is 0 Å². The second-order valence-electron chi connectivity index (χ2n) is 4.47. The van der Waals surface area contributed by atoms with E-state index in [1.165, 1.54) is 12.1 Å². The Bertz CT molecular complexity index is 701. The molecule has 0 N–H and O–H groups in total. The van der Waals surface area contributed by atoms with Crippen molar-refractivity contribution in [3.63, 3.8) is 0 Å². The summed E-state index contributed by atoms with van der Waals surface area (Å²) in [6, 6.07) is 6.99. The lowest BCUT2D eigenvalue weighted by atomic mass is 10.0. The highest BCUT2D eigenvalue weighted by atomic mass is 32.1. The lowest BCUT2D eigenvalue weighted by molar-refractivity contribution is -0.380. The summed E-state index contributed by atoms with van der Waals surface area (Å²) in [6.07, 6.45) is 3.04. The van der Waals surface area contributed by atoms with E-state index in [9.17, 15) is 14.9 Å². The molecule has 0 amide bonds. The van der Waals surface area contributed by atoms with Gasteiger partial charge in [0.05, 0.1) is 4.92 Å². The Labute approximate surface area is 120 Å². The second-order valence-corrected chi connectivity index (χ2v) is 5.36. The third kappa shape index (κ3) is 3.19. The van der Waals surface area contributed by atoms with Crippen LogP contribution in [0.4, 0.5) is 5.00 Å². The van der Waals surface area contributed by atoms with Crippen LogP contribution < -0.4 is 0 Å². The summed E-state index contributed by atoms with van der Waals surface area (Å²) in [5, 5.41) is 12.3. The van der Waals surface area contributed by atoms with Gasteiger partial charge in [0, 0.05) is 17.0 Å². The van der Waals surface area contributed by atoms with E-state index in [0.717, 1.165) is 22.5 Å². The van der Waals surface area contributed by atoms with E-state index in [0.29, 0.717) is 11.1 Å². The van der Waals surface area contributed by atoms with Gasteiger partial charge in [0.1, 0.15) is 0 Å². The van der Waals surface area contributed by atoms with Gasteiger partial charge in [-0.1, -0.05) is 23.5 Å². The van der Waals surface area contributed by atoms with E-state index in [1.807, 2.05) is 26.0 Å². The predicted molar refractivity (Wildman–Crippen MR) is 80.3 cm³/mol. The average molecular weight is 287 g/mol. The molecule has 0 bridgehead atoms. The molecule has 2 aromatic rings. The molecule has 1 aromatic heterocycles. The fraction of sp³-hybridized carbons (Fsp3) is 0.133. The van der Waals surface area contributed by atoms with Crippen molar-refractivity contribution in [2.24, 2.45) is 0 Å². The van der Waals surface area contributed by atoms with Crippen molar-refractivity contribution in [3.8, 4) is 0 Å². The summed E-state index contributed by atoms with van der Waals surface area (Å²) in [5.41, 5.74) is 3.49. The van der Waals surface area contributed by atoms with Crippen LogP contribution in [0.5, 0.6) is 0 Å². The number of rotatable bonds is 4. The molecule has 2 rings (SSSR count). The number of benzene rings is 1. The molecule has 4 nitrogen and oxygen atoms in total. The number of aryl methyl sites for hydroxylation is 2. The lowest BCUT2D eigenvalue weighted by Crippen LogP contribution is -1.95. The third-order valence-corrected chi connectivity index (χ3v) is 3.90. The van der Waals surface area contributed by atoms with Crippen molar-refractivity contribution in [2.75, 3.05) is 0 Å². The van der Waals surface area contributed by atoms with Crippen LogP contribution in [0.25, 0.3) is 6.08 Å². The highest BCUT2D eigenvalue weighted by molar-refractivity contribution is 7.13. The molecule has 0 saturated heterocycles. The van der Waals surface area contributed by atoms with Crippen LogP contribution in [0.3, 0.4) is 0 Å². The fourth-order valence-corrected chi connectivity index (χ4v) is 2.38. The van der Waals surface area contributed by atoms with Gasteiger partial charge >= 0.3 is 5.00 Å². The van der Waals surface area contributed by atoms with Gasteiger partial charge in [0.25, 0.3) is 0 Å². The van der Waals surface area contributed by atoms with Crippen molar-refractivity contribution in [2.45, 2.75) is 13.8 Å². The molecule has 5 heteroatoms. The highest BCUT2D eigenvalue weighted by Crippen LogP contribution is 2.23. The lowest BCUT2D eigenvalue weighted by Gasteiger charge is -2.01. The van der Waals surface area contributed by atoms with Crippen LogP contribution in [-0.2, 0) is 0 Å². The molecule has 20 heavy (non-hydrogen) atoms. The summed E-state index contributed by atoms with van der Waals surface area (Å²) >= 11 is 1.05. The zero-order valence-corrected chi connectivity index (χ0v) is 11.9. The number of carbonyl (C=O) groups is 1. The second kappa shape index (κ2) is 5.79. The number of carbonyl (C=O) groups excluding carboxylic acids is 1. The van der Waals surface area contributed by atoms with Crippen molar-refractivity contribution in [1.82, 2.24) is 0 Å². The number of hydrogen-bond donors (Lipinski definition) is 0. The molecule has 102 valence electrons. The van der Waals surface area contributed by atoms with Crippen molar-refractivity contribution >= 4 is 28.2 Å². The number of ketones is 1. The van der Waals surface area contributed by atoms with Gasteiger partial charge in [-0.3, -0.25) is 14.9 Å². The summed E-state index contributed by atoms with van der Waals surface area (Å²) in [4.78, 5) is 22.1. The molecular weight excluding hydrogens is 274 g/mol. The van der Waals surface area contributed by atoms with E-state index >= 15 is 0 Å². The van der Waals surface area contributed by atoms with E-state index in [2.05, 4.69) is 0 Å². The van der Waals surface area contributed by atoms with Crippen LogP contribution >= 0.6 is 11.3 Å². The molecule has 0 aliphatic carbocycles. The molecule has 0 atom stereocenters. The maximum Gasteiger partial charge on any atom is 0.324 e. The first-order valence-electron chi connectivity index (χ1n) is 6.00. The Kier molecular flexibility index (Phi) is 4.10. The molecule has 0 saturated carbocycles. The topological polar surface area (TPSA) is 60.2 Å². The summed E-state index contributed by atoms with van der Waals surface area (Å²) < 4.78 is 0. The Morgan fingerprint density at radius 3 is 2.60 bits per heavy atom. The van der Waals surface area contributed by atoms with Gasteiger partial charge in [0.2, 0.25) is 0 Å². The number of hydrogen-bond acceptors (Lipinski definition) is 4. The minimum atomic E-state index is -0.437. The predicted octanol–water partition coefficient (Wildman–Crippen LogP) is 4.17. The van der Waals surface area contributed by atoms with Crippen LogP contribution in [0, 0.1) is 24.0 Å². The molecule has 0 spiro atoms. The largest absolute Gasteiger partial charge is 0.324 e. The molecule has 0 aliphatic heterocycles. The molecular formula is C15H13NO3S. The monoisotopic (exact) mass is 287 g/mol. The zero-order valence-electron chi connectivity index (χ0n) is 11.1. The van der Waals surface area contributed by atoms with E-state index in [1.54, 1.807) is 17.5 Å². The number of nitro groups is 1. The fourth-order valence-electron chi connectivity index (χ4n) is 1.68. The van der Waals surface area contributed by atoms with Crippen molar-refractivity contribution in [3.05, 3.63) is 68.1 Å². The zero-order chi connectivity index (χ0) is 14.7. The Morgan fingerprint density at radius 2 is 2.00 bits per heavy atom. The molecule has 0 radical (unpaired) electrons. The molecule has 0 aliphatic rings. The van der Waals surface area contributed by atoms with E-state index in [-0.39, 0.29) is 10.8 Å². The normalized spacial score (nSPS) is 10.9. The summed E-state index contributed by atoms with van der Waals surface area (Å²) in [7, 11) is 0. The quantitative estimate of drug-likeness (QED) is 0.367. The molecule has 0 unspecified atom stereocenters. The van der Waals surface area contributed by atoms with Gasteiger partial charge in [-0.15, -0.1) is 0 Å². The van der Waals surface area contributed by atoms with Gasteiger partial charge in [-0.05, 0) is 48.8 Å². The molecule has 0 fully saturated rings. The van der Waals surface area contributed by atoms with Crippen LogP contribution in [0.1, 0.15) is 27.0 Å². The number of nitrogens with zero attached hydrogens (tertiary/aromatic N) is 1. The van der Waals surface area contributed by atoms with E-state index < -0.39 is 4.92 Å². The van der Waals surface area contributed by atoms with Crippen LogP contribution in [-0.4, -0.2) is 10.7 Å². The smallest absolute Gasteiger partial charge is 0.289 e. The Balaban J connectivity index is 2.15. The van der Waals surface area contributed by atoms with E-state index in [4.69, 9.17) is 0 Å². The highest BCUT2D eigenvalue weighted by Gasteiger charge is 2.08. The maximum atomic E-state index is 12.0. The Hall–Kier alpha value is -2.27. The molecule has 1 heterocycles. The average Bonchev–Trinajstić information content (AvgIpc) is 2.88. The van der Waals surface area contributed by atoms with Gasteiger partial charge in [0.15, 0.2) is 5.78 Å². The van der Waals surface area contributed by atoms with Crippen LogP contribution in [0.15, 0.2) is 35.7 Å². The van der Waals surface area contributed by atoms with Gasteiger partial charge in [-0.25, -0.2) is 0 Å². The third-order valence-electron chi connectivity index (χ3n) is 3.00. The van der Waals surface area contributed by atoms with Crippen molar-refractivity contribution < 1.29 is 9.72 Å². The summed E-state index contributed by atoms with van der Waals surface area (Å²) in [5.74, 6) is -0.109. The molecule has 1 aromatic carbocycles. The maximum absolute atomic E-state index is 12.0. The first-order chi connectivity index (χ1) is 9.47. The standard InChI is InChI=1S/C15H13NO3S/c1-10-3-5-13(7-11(10)2)14(17)6-4-12-8-15(16(18)19)20-9-12/h3-9H,1-2H3/b6-4+. The van der Waals surface area contributed by atoms with Gasteiger partial charge < -0.3 is 0 Å². The number of thiophene rings is 1. The summed E-state index contributed by atoms with van der Waals surface area (Å²) in [6.45, 7) is 3.95. The minimum Gasteiger partial charge on any atom is -0.289 e.